The van der Waals surface area contributed by atoms with Gasteiger partial charge in [0.25, 0.3) is 0 Å². The van der Waals surface area contributed by atoms with E-state index in [-0.39, 0.29) is 12.5 Å². The predicted molar refractivity (Wildman–Crippen MR) is 80.0 cm³/mol. The van der Waals surface area contributed by atoms with Gasteiger partial charge in [-0.25, -0.2) is 0 Å². The summed E-state index contributed by atoms with van der Waals surface area (Å²) in [6.07, 6.45) is 1.23. The highest BCUT2D eigenvalue weighted by Gasteiger charge is 2.21. The Morgan fingerprint density at radius 1 is 1.55 bits per heavy atom. The van der Waals surface area contributed by atoms with Crippen molar-refractivity contribution in [2.75, 3.05) is 6.54 Å². The minimum absolute atomic E-state index is 0.00155. The second-order valence-electron chi connectivity index (χ2n) is 4.69. The summed E-state index contributed by atoms with van der Waals surface area (Å²) in [5.41, 5.74) is 1.60. The molecule has 0 aliphatic heterocycles. The first kappa shape index (κ1) is 16.7. The average molecular weight is 298 g/mol. The summed E-state index contributed by atoms with van der Waals surface area (Å²) >= 11 is 5.96. The fraction of sp³-hybridized carbons (Fsp3) is 0.400. The van der Waals surface area contributed by atoms with Crippen LogP contribution < -0.4 is 5.32 Å². The summed E-state index contributed by atoms with van der Waals surface area (Å²) in [4.78, 5) is 10.7. The van der Waals surface area contributed by atoms with Gasteiger partial charge < -0.3 is 15.5 Å². The third-order valence-corrected chi connectivity index (χ3v) is 3.52. The number of aliphatic carboxylic acids is 1. The SMILES string of the molecule is C=CCNC(CCC(=O)O)C(O)c1ccc(Cl)c(C)c1. The van der Waals surface area contributed by atoms with Gasteiger partial charge in [0.05, 0.1) is 6.10 Å². The van der Waals surface area contributed by atoms with Crippen LogP contribution in [0.3, 0.4) is 0 Å². The van der Waals surface area contributed by atoms with E-state index >= 15 is 0 Å². The van der Waals surface area contributed by atoms with Crippen molar-refractivity contribution in [2.24, 2.45) is 0 Å². The van der Waals surface area contributed by atoms with Gasteiger partial charge in [-0.1, -0.05) is 29.8 Å². The van der Waals surface area contributed by atoms with Crippen molar-refractivity contribution in [2.45, 2.75) is 31.9 Å². The molecule has 0 heterocycles. The number of halogens is 1. The molecule has 1 aromatic rings. The first-order valence-electron chi connectivity index (χ1n) is 6.46. The first-order chi connectivity index (χ1) is 9.45. The molecule has 110 valence electrons. The maximum atomic E-state index is 10.7. The molecule has 0 amide bonds. The van der Waals surface area contributed by atoms with Gasteiger partial charge in [-0.3, -0.25) is 4.79 Å². The van der Waals surface area contributed by atoms with Crippen LogP contribution in [0.15, 0.2) is 30.9 Å². The molecule has 2 unspecified atom stereocenters. The molecule has 4 nitrogen and oxygen atoms in total. The highest BCUT2D eigenvalue weighted by molar-refractivity contribution is 6.31. The summed E-state index contributed by atoms with van der Waals surface area (Å²) < 4.78 is 0. The number of carboxylic acids is 1. The number of aliphatic hydroxyl groups is 1. The third kappa shape index (κ3) is 4.96. The molecule has 0 aliphatic carbocycles. The van der Waals surface area contributed by atoms with Crippen LogP contribution in [0.25, 0.3) is 0 Å². The lowest BCUT2D eigenvalue weighted by atomic mass is 9.97. The largest absolute Gasteiger partial charge is 0.481 e. The minimum atomic E-state index is -0.880. The van der Waals surface area contributed by atoms with Crippen LogP contribution in [0.1, 0.15) is 30.1 Å². The Kier molecular flexibility index (Phi) is 6.71. The van der Waals surface area contributed by atoms with E-state index in [1.54, 1.807) is 18.2 Å². The number of nitrogens with one attached hydrogen (secondary N) is 1. The van der Waals surface area contributed by atoms with Gasteiger partial charge in [0.2, 0.25) is 0 Å². The van der Waals surface area contributed by atoms with Gasteiger partial charge in [-0.2, -0.15) is 0 Å². The molecular formula is C15H20ClNO3. The number of hydrogen-bond acceptors (Lipinski definition) is 3. The van der Waals surface area contributed by atoms with E-state index in [0.29, 0.717) is 18.0 Å². The van der Waals surface area contributed by atoms with Gasteiger partial charge in [0, 0.05) is 24.0 Å². The normalized spacial score (nSPS) is 13.8. The summed E-state index contributed by atoms with van der Waals surface area (Å²) in [6, 6.07) is 4.96. The van der Waals surface area contributed by atoms with Crippen LogP contribution >= 0.6 is 11.6 Å². The lowest BCUT2D eigenvalue weighted by molar-refractivity contribution is -0.137. The number of rotatable bonds is 8. The lowest BCUT2D eigenvalue weighted by Crippen LogP contribution is -2.35. The molecule has 0 saturated carbocycles. The van der Waals surface area contributed by atoms with Crippen LogP contribution in [0, 0.1) is 6.92 Å². The molecule has 1 aromatic carbocycles. The Hall–Kier alpha value is -1.36. The summed E-state index contributed by atoms with van der Waals surface area (Å²) in [7, 11) is 0. The Labute approximate surface area is 124 Å². The van der Waals surface area contributed by atoms with E-state index in [1.165, 1.54) is 0 Å². The molecule has 0 aromatic heterocycles. The van der Waals surface area contributed by atoms with E-state index in [9.17, 15) is 9.90 Å². The summed E-state index contributed by atoms with van der Waals surface area (Å²) in [5.74, 6) is -0.880. The van der Waals surface area contributed by atoms with Crippen molar-refractivity contribution in [3.05, 3.63) is 47.0 Å². The second kappa shape index (κ2) is 8.04. The number of aliphatic hydroxyl groups excluding tert-OH is 1. The topological polar surface area (TPSA) is 69.6 Å². The van der Waals surface area contributed by atoms with E-state index in [4.69, 9.17) is 16.7 Å². The Morgan fingerprint density at radius 2 is 2.25 bits per heavy atom. The molecule has 2 atom stereocenters. The van der Waals surface area contributed by atoms with E-state index in [2.05, 4.69) is 11.9 Å². The van der Waals surface area contributed by atoms with Crippen molar-refractivity contribution in [3.63, 3.8) is 0 Å². The van der Waals surface area contributed by atoms with Crippen molar-refractivity contribution in [1.29, 1.82) is 0 Å². The Balaban J connectivity index is 2.83. The molecule has 5 heteroatoms. The van der Waals surface area contributed by atoms with Crippen molar-refractivity contribution in [3.8, 4) is 0 Å². The highest BCUT2D eigenvalue weighted by Crippen LogP contribution is 2.24. The third-order valence-electron chi connectivity index (χ3n) is 3.10. The molecular weight excluding hydrogens is 278 g/mol. The second-order valence-corrected chi connectivity index (χ2v) is 5.10. The molecule has 3 N–H and O–H groups in total. The van der Waals surface area contributed by atoms with Gasteiger partial charge in [0.1, 0.15) is 0 Å². The highest BCUT2D eigenvalue weighted by atomic mass is 35.5. The minimum Gasteiger partial charge on any atom is -0.481 e. The number of benzene rings is 1. The average Bonchev–Trinajstić information content (AvgIpc) is 2.41. The van der Waals surface area contributed by atoms with E-state index in [0.717, 1.165) is 11.1 Å². The molecule has 0 spiro atoms. The maximum Gasteiger partial charge on any atom is 0.303 e. The van der Waals surface area contributed by atoms with Gasteiger partial charge in [-0.15, -0.1) is 6.58 Å². The van der Waals surface area contributed by atoms with Gasteiger partial charge >= 0.3 is 5.97 Å². The van der Waals surface area contributed by atoms with E-state index in [1.807, 2.05) is 13.0 Å². The Morgan fingerprint density at radius 3 is 2.80 bits per heavy atom. The molecule has 0 saturated heterocycles. The van der Waals surface area contributed by atoms with E-state index < -0.39 is 12.1 Å². The van der Waals surface area contributed by atoms with Crippen LogP contribution in [0.5, 0.6) is 0 Å². The quantitative estimate of drug-likeness (QED) is 0.645. The fourth-order valence-corrected chi connectivity index (χ4v) is 2.09. The molecule has 0 bridgehead atoms. The predicted octanol–water partition coefficient (Wildman–Crippen LogP) is 2.69. The van der Waals surface area contributed by atoms with Crippen molar-refractivity contribution >= 4 is 17.6 Å². The number of aryl methyl sites for hydroxylation is 1. The zero-order valence-electron chi connectivity index (χ0n) is 11.5. The molecule has 20 heavy (non-hydrogen) atoms. The zero-order chi connectivity index (χ0) is 15.1. The molecule has 0 aliphatic rings. The molecule has 0 radical (unpaired) electrons. The van der Waals surface area contributed by atoms with Crippen molar-refractivity contribution in [1.82, 2.24) is 5.32 Å². The van der Waals surface area contributed by atoms with Crippen LogP contribution in [0.4, 0.5) is 0 Å². The van der Waals surface area contributed by atoms with Crippen molar-refractivity contribution < 1.29 is 15.0 Å². The first-order valence-corrected chi connectivity index (χ1v) is 6.83. The van der Waals surface area contributed by atoms with Crippen LogP contribution in [-0.4, -0.2) is 28.8 Å². The zero-order valence-corrected chi connectivity index (χ0v) is 12.2. The van der Waals surface area contributed by atoms with Gasteiger partial charge in [-0.05, 0) is 30.5 Å². The summed E-state index contributed by atoms with van der Waals surface area (Å²) in [5, 5.41) is 22.9. The lowest BCUT2D eigenvalue weighted by Gasteiger charge is -2.24. The fourth-order valence-electron chi connectivity index (χ4n) is 1.97. The molecule has 1 rings (SSSR count). The van der Waals surface area contributed by atoms with Crippen LogP contribution in [0.2, 0.25) is 5.02 Å². The number of carboxylic acid groups (broad SMARTS) is 1. The number of hydrogen-bond donors (Lipinski definition) is 3. The Bertz CT molecular complexity index is 476. The summed E-state index contributed by atoms with van der Waals surface area (Å²) in [6.45, 7) is 5.98. The smallest absolute Gasteiger partial charge is 0.303 e. The molecule has 0 fully saturated rings. The monoisotopic (exact) mass is 297 g/mol. The maximum absolute atomic E-state index is 10.7. The van der Waals surface area contributed by atoms with Crippen LogP contribution in [-0.2, 0) is 4.79 Å². The standard InChI is InChI=1S/C15H20ClNO3/c1-3-8-17-13(6-7-14(18)19)15(20)11-4-5-12(16)10(2)9-11/h3-5,9,13,15,17,20H,1,6-8H2,2H3,(H,18,19). The number of carbonyl (C=O) groups is 1. The van der Waals surface area contributed by atoms with Gasteiger partial charge in [0.15, 0.2) is 0 Å².